The van der Waals surface area contributed by atoms with E-state index >= 15 is 0 Å². The largest absolute Gasteiger partial charge is 0.384 e. The molecule has 0 aliphatic rings. The van der Waals surface area contributed by atoms with Crippen molar-refractivity contribution in [2.45, 2.75) is 13.8 Å². The molecular weight excluding hydrogens is 246 g/mol. The Morgan fingerprint density at radius 2 is 1.70 bits per heavy atom. The summed E-state index contributed by atoms with van der Waals surface area (Å²) < 4.78 is 1.80. The second kappa shape index (κ2) is 4.85. The van der Waals surface area contributed by atoms with Crippen LogP contribution in [0.15, 0.2) is 54.6 Å². The molecule has 3 rings (SSSR count). The average molecular weight is 263 g/mol. The molecule has 0 spiro atoms. The van der Waals surface area contributed by atoms with Crippen LogP contribution in [0.1, 0.15) is 11.1 Å². The van der Waals surface area contributed by atoms with E-state index in [0.29, 0.717) is 5.82 Å². The molecule has 0 atom stereocenters. The van der Waals surface area contributed by atoms with Crippen LogP contribution in [0.2, 0.25) is 0 Å². The monoisotopic (exact) mass is 263 g/mol. The SMILES string of the molecule is Cc1ccc(-n2nc(-c3ccccc3)cc2N)c(C)c1. The fourth-order valence-electron chi connectivity index (χ4n) is 2.38. The van der Waals surface area contributed by atoms with Gasteiger partial charge in [-0.1, -0.05) is 48.0 Å². The number of nitrogens with two attached hydrogens (primary N) is 1. The van der Waals surface area contributed by atoms with E-state index in [0.717, 1.165) is 16.9 Å². The van der Waals surface area contributed by atoms with Crippen molar-refractivity contribution in [2.75, 3.05) is 5.73 Å². The summed E-state index contributed by atoms with van der Waals surface area (Å²) in [6.07, 6.45) is 0. The summed E-state index contributed by atoms with van der Waals surface area (Å²) in [5.41, 5.74) is 11.5. The molecule has 0 radical (unpaired) electrons. The summed E-state index contributed by atoms with van der Waals surface area (Å²) in [5, 5.41) is 4.63. The lowest BCUT2D eigenvalue weighted by atomic mass is 10.1. The molecule has 0 bridgehead atoms. The molecule has 3 heteroatoms. The molecule has 1 aromatic heterocycles. The standard InChI is InChI=1S/C17H17N3/c1-12-8-9-16(13(2)10-12)20-17(18)11-15(19-20)14-6-4-3-5-7-14/h3-11H,18H2,1-2H3. The van der Waals surface area contributed by atoms with Crippen molar-refractivity contribution in [1.82, 2.24) is 9.78 Å². The minimum atomic E-state index is 0.649. The van der Waals surface area contributed by atoms with Crippen LogP contribution in [0.25, 0.3) is 16.9 Å². The van der Waals surface area contributed by atoms with E-state index in [1.807, 2.05) is 36.4 Å². The van der Waals surface area contributed by atoms with Gasteiger partial charge < -0.3 is 5.73 Å². The molecule has 0 saturated carbocycles. The van der Waals surface area contributed by atoms with Crippen molar-refractivity contribution >= 4 is 5.82 Å². The Balaban J connectivity index is 2.10. The summed E-state index contributed by atoms with van der Waals surface area (Å²) in [4.78, 5) is 0. The first kappa shape index (κ1) is 12.5. The average Bonchev–Trinajstić information content (AvgIpc) is 2.82. The first-order valence-corrected chi connectivity index (χ1v) is 6.64. The fourth-order valence-corrected chi connectivity index (χ4v) is 2.38. The zero-order valence-electron chi connectivity index (χ0n) is 11.7. The lowest BCUT2D eigenvalue weighted by molar-refractivity contribution is 0.886. The van der Waals surface area contributed by atoms with Gasteiger partial charge in [0, 0.05) is 11.6 Å². The Bertz CT molecular complexity index is 742. The second-order valence-electron chi connectivity index (χ2n) is 5.02. The number of hydrogen-bond acceptors (Lipinski definition) is 2. The van der Waals surface area contributed by atoms with E-state index in [-0.39, 0.29) is 0 Å². The van der Waals surface area contributed by atoms with Gasteiger partial charge in [0.25, 0.3) is 0 Å². The number of benzene rings is 2. The minimum Gasteiger partial charge on any atom is -0.384 e. The molecule has 2 N–H and O–H groups in total. The quantitative estimate of drug-likeness (QED) is 0.765. The third-order valence-corrected chi connectivity index (χ3v) is 3.39. The first-order valence-electron chi connectivity index (χ1n) is 6.64. The number of aromatic nitrogens is 2. The summed E-state index contributed by atoms with van der Waals surface area (Å²) in [5.74, 6) is 0.649. The summed E-state index contributed by atoms with van der Waals surface area (Å²) in [6, 6.07) is 18.3. The zero-order chi connectivity index (χ0) is 14.1. The first-order chi connectivity index (χ1) is 9.65. The van der Waals surface area contributed by atoms with Crippen LogP contribution in [0.3, 0.4) is 0 Å². The molecule has 0 fully saturated rings. The highest BCUT2D eigenvalue weighted by Crippen LogP contribution is 2.24. The maximum atomic E-state index is 6.12. The topological polar surface area (TPSA) is 43.8 Å². The van der Waals surface area contributed by atoms with Crippen LogP contribution in [0.5, 0.6) is 0 Å². The van der Waals surface area contributed by atoms with Crippen LogP contribution < -0.4 is 5.73 Å². The third kappa shape index (κ3) is 2.18. The highest BCUT2D eigenvalue weighted by Gasteiger charge is 2.10. The molecule has 3 aromatic rings. The molecular formula is C17H17N3. The van der Waals surface area contributed by atoms with Gasteiger partial charge in [-0.2, -0.15) is 5.10 Å². The molecule has 0 unspecified atom stereocenters. The van der Waals surface area contributed by atoms with Crippen molar-refractivity contribution in [3.8, 4) is 16.9 Å². The highest BCUT2D eigenvalue weighted by molar-refractivity contribution is 5.64. The van der Waals surface area contributed by atoms with Crippen molar-refractivity contribution in [3.63, 3.8) is 0 Å². The molecule has 0 saturated heterocycles. The Kier molecular flexibility index (Phi) is 3.03. The third-order valence-electron chi connectivity index (χ3n) is 3.39. The summed E-state index contributed by atoms with van der Waals surface area (Å²) in [7, 11) is 0. The maximum Gasteiger partial charge on any atom is 0.127 e. The number of rotatable bonds is 2. The Hall–Kier alpha value is -2.55. The molecule has 3 nitrogen and oxygen atoms in total. The Morgan fingerprint density at radius 3 is 2.40 bits per heavy atom. The van der Waals surface area contributed by atoms with E-state index < -0.39 is 0 Å². The van der Waals surface area contributed by atoms with Crippen LogP contribution >= 0.6 is 0 Å². The zero-order valence-corrected chi connectivity index (χ0v) is 11.7. The summed E-state index contributed by atoms with van der Waals surface area (Å²) >= 11 is 0. The number of anilines is 1. The van der Waals surface area contributed by atoms with E-state index in [2.05, 4.69) is 37.1 Å². The number of nitrogen functional groups attached to an aromatic ring is 1. The predicted molar refractivity (Wildman–Crippen MR) is 82.9 cm³/mol. The van der Waals surface area contributed by atoms with E-state index in [1.54, 1.807) is 4.68 Å². The van der Waals surface area contributed by atoms with E-state index in [1.165, 1.54) is 11.1 Å². The van der Waals surface area contributed by atoms with Crippen LogP contribution in [0.4, 0.5) is 5.82 Å². The van der Waals surface area contributed by atoms with Crippen molar-refractivity contribution in [1.29, 1.82) is 0 Å². The summed E-state index contributed by atoms with van der Waals surface area (Å²) in [6.45, 7) is 4.16. The van der Waals surface area contributed by atoms with Gasteiger partial charge in [-0.3, -0.25) is 0 Å². The predicted octanol–water partition coefficient (Wildman–Crippen LogP) is 3.74. The molecule has 100 valence electrons. The van der Waals surface area contributed by atoms with Gasteiger partial charge in [0.2, 0.25) is 0 Å². The van der Waals surface area contributed by atoms with E-state index in [9.17, 15) is 0 Å². The molecule has 1 heterocycles. The van der Waals surface area contributed by atoms with Crippen LogP contribution in [-0.2, 0) is 0 Å². The van der Waals surface area contributed by atoms with Gasteiger partial charge in [-0.15, -0.1) is 0 Å². The molecule has 0 amide bonds. The number of hydrogen-bond donors (Lipinski definition) is 1. The van der Waals surface area contributed by atoms with Gasteiger partial charge in [-0.05, 0) is 25.5 Å². The molecule has 0 aliphatic carbocycles. The van der Waals surface area contributed by atoms with Crippen LogP contribution in [0, 0.1) is 13.8 Å². The van der Waals surface area contributed by atoms with E-state index in [4.69, 9.17) is 5.73 Å². The highest BCUT2D eigenvalue weighted by atomic mass is 15.3. The lowest BCUT2D eigenvalue weighted by Crippen LogP contribution is -2.03. The van der Waals surface area contributed by atoms with Crippen molar-refractivity contribution < 1.29 is 0 Å². The Labute approximate surface area is 118 Å². The lowest BCUT2D eigenvalue weighted by Gasteiger charge is -2.08. The molecule has 0 aliphatic heterocycles. The molecule has 2 aromatic carbocycles. The number of aryl methyl sites for hydroxylation is 2. The molecule has 20 heavy (non-hydrogen) atoms. The van der Waals surface area contributed by atoms with Crippen molar-refractivity contribution in [3.05, 3.63) is 65.7 Å². The van der Waals surface area contributed by atoms with Gasteiger partial charge in [0.1, 0.15) is 5.82 Å². The maximum absolute atomic E-state index is 6.12. The number of nitrogens with zero attached hydrogens (tertiary/aromatic N) is 2. The van der Waals surface area contributed by atoms with Gasteiger partial charge in [0.05, 0.1) is 11.4 Å². The Morgan fingerprint density at radius 1 is 0.950 bits per heavy atom. The van der Waals surface area contributed by atoms with Crippen molar-refractivity contribution in [2.24, 2.45) is 0 Å². The normalized spacial score (nSPS) is 10.7. The van der Waals surface area contributed by atoms with Gasteiger partial charge in [0.15, 0.2) is 0 Å². The van der Waals surface area contributed by atoms with Crippen LogP contribution in [-0.4, -0.2) is 9.78 Å². The smallest absolute Gasteiger partial charge is 0.127 e. The van der Waals surface area contributed by atoms with Gasteiger partial charge in [-0.25, -0.2) is 4.68 Å². The minimum absolute atomic E-state index is 0.649. The fraction of sp³-hybridized carbons (Fsp3) is 0.118. The second-order valence-corrected chi connectivity index (χ2v) is 5.02. The van der Waals surface area contributed by atoms with Gasteiger partial charge >= 0.3 is 0 Å².